The van der Waals surface area contributed by atoms with Crippen LogP contribution in [0.5, 0.6) is 0 Å². The molecule has 100 valence electrons. The van der Waals surface area contributed by atoms with Gasteiger partial charge in [0.05, 0.1) is 0 Å². The van der Waals surface area contributed by atoms with Crippen LogP contribution in [0.2, 0.25) is 0 Å². The van der Waals surface area contributed by atoms with Crippen LogP contribution >= 0.6 is 34.8 Å². The van der Waals surface area contributed by atoms with E-state index in [1.807, 2.05) is 0 Å². The number of alkyl halides is 3. The van der Waals surface area contributed by atoms with Gasteiger partial charge < -0.3 is 21.3 Å². The van der Waals surface area contributed by atoms with E-state index in [2.05, 4.69) is 4.74 Å². The van der Waals surface area contributed by atoms with Crippen molar-refractivity contribution in [2.24, 2.45) is 11.5 Å². The van der Waals surface area contributed by atoms with E-state index in [-0.39, 0.29) is 19.4 Å². The molecular weight excluding hydrogens is 294 g/mol. The standard InChI is InChI=1S/C8H13Cl3N2O4/c9-8(10,11)4-17-6(16)7(13,5(14)15)2-1-3-12/h1-4,12-13H2,(H,14,15)/t7-/m0/s1. The molecule has 0 aliphatic heterocycles. The number of rotatable bonds is 6. The number of carboxylic acids is 1. The molecule has 0 heterocycles. The molecule has 1 atom stereocenters. The van der Waals surface area contributed by atoms with E-state index in [4.69, 9.17) is 51.4 Å². The molecule has 17 heavy (non-hydrogen) atoms. The molecule has 9 heteroatoms. The maximum atomic E-state index is 11.5. The molecule has 0 saturated heterocycles. The zero-order valence-electron chi connectivity index (χ0n) is 8.79. The molecule has 0 aromatic heterocycles. The summed E-state index contributed by atoms with van der Waals surface area (Å²) >= 11 is 16.1. The highest BCUT2D eigenvalue weighted by Crippen LogP contribution is 2.26. The van der Waals surface area contributed by atoms with E-state index in [1.165, 1.54) is 0 Å². The smallest absolute Gasteiger partial charge is 0.337 e. The Labute approximate surface area is 113 Å². The fourth-order valence-electron chi connectivity index (χ4n) is 0.953. The summed E-state index contributed by atoms with van der Waals surface area (Å²) < 4.78 is 2.73. The first-order chi connectivity index (χ1) is 7.63. The molecule has 0 spiro atoms. The number of carbonyl (C=O) groups excluding carboxylic acids is 1. The van der Waals surface area contributed by atoms with E-state index in [0.717, 1.165) is 0 Å². The lowest BCUT2D eigenvalue weighted by atomic mass is 9.95. The van der Waals surface area contributed by atoms with Gasteiger partial charge in [-0.3, -0.25) is 0 Å². The van der Waals surface area contributed by atoms with Crippen LogP contribution in [0, 0.1) is 0 Å². The number of nitrogens with two attached hydrogens (primary N) is 2. The predicted octanol–water partition coefficient (Wildman–Crippen LogP) is 0.421. The summed E-state index contributed by atoms with van der Waals surface area (Å²) in [6.45, 7) is -0.380. The summed E-state index contributed by atoms with van der Waals surface area (Å²) in [5, 5.41) is 8.89. The van der Waals surface area contributed by atoms with Crippen LogP contribution in [0.15, 0.2) is 0 Å². The topological polar surface area (TPSA) is 116 Å². The molecule has 0 radical (unpaired) electrons. The molecule has 0 bridgehead atoms. The second-order valence-electron chi connectivity index (χ2n) is 3.36. The molecule has 6 nitrogen and oxygen atoms in total. The van der Waals surface area contributed by atoms with Crippen molar-refractivity contribution in [1.29, 1.82) is 0 Å². The van der Waals surface area contributed by atoms with E-state index in [1.54, 1.807) is 0 Å². The van der Waals surface area contributed by atoms with E-state index >= 15 is 0 Å². The highest BCUT2D eigenvalue weighted by molar-refractivity contribution is 6.67. The molecule has 0 aromatic rings. The molecule has 0 saturated carbocycles. The molecule has 0 aliphatic carbocycles. The lowest BCUT2D eigenvalue weighted by molar-refractivity contribution is -0.161. The number of carboxylic acid groups (broad SMARTS) is 1. The molecule has 0 amide bonds. The van der Waals surface area contributed by atoms with Crippen molar-refractivity contribution in [3.05, 3.63) is 0 Å². The Hall–Kier alpha value is -0.270. The number of ether oxygens (including phenoxy) is 1. The Morgan fingerprint density at radius 1 is 1.29 bits per heavy atom. The summed E-state index contributed by atoms with van der Waals surface area (Å²) in [4.78, 5) is 22.4. The molecule has 0 rings (SSSR count). The zero-order valence-corrected chi connectivity index (χ0v) is 11.1. The van der Waals surface area contributed by atoms with Crippen LogP contribution in [0.25, 0.3) is 0 Å². The third-order valence-corrected chi connectivity index (χ3v) is 2.22. The van der Waals surface area contributed by atoms with Crippen LogP contribution in [0.1, 0.15) is 12.8 Å². The van der Waals surface area contributed by atoms with Crippen LogP contribution in [0.3, 0.4) is 0 Å². The van der Waals surface area contributed by atoms with Gasteiger partial charge in [0.15, 0.2) is 0 Å². The fourth-order valence-corrected chi connectivity index (χ4v) is 1.12. The van der Waals surface area contributed by atoms with Crippen LogP contribution in [-0.4, -0.2) is 39.5 Å². The number of halogens is 3. The van der Waals surface area contributed by atoms with Crippen molar-refractivity contribution >= 4 is 46.7 Å². The first kappa shape index (κ1) is 16.7. The molecule has 0 fully saturated rings. The van der Waals surface area contributed by atoms with Crippen molar-refractivity contribution in [2.45, 2.75) is 22.2 Å². The molecular formula is C8H13Cl3N2O4. The second kappa shape index (κ2) is 6.61. The van der Waals surface area contributed by atoms with Gasteiger partial charge in [-0.15, -0.1) is 0 Å². The highest BCUT2D eigenvalue weighted by Gasteiger charge is 2.44. The molecule has 0 aliphatic rings. The van der Waals surface area contributed by atoms with Crippen molar-refractivity contribution in [2.75, 3.05) is 13.2 Å². The molecule has 0 aromatic carbocycles. The minimum atomic E-state index is -2.17. The maximum Gasteiger partial charge on any atom is 0.337 e. The van der Waals surface area contributed by atoms with Crippen molar-refractivity contribution in [3.63, 3.8) is 0 Å². The zero-order chi connectivity index (χ0) is 13.7. The monoisotopic (exact) mass is 306 g/mol. The average molecular weight is 308 g/mol. The number of aliphatic carboxylic acids is 1. The minimum Gasteiger partial charge on any atom is -0.479 e. The predicted molar refractivity (Wildman–Crippen MR) is 64.1 cm³/mol. The number of carbonyl (C=O) groups is 2. The SMILES string of the molecule is NCCC[C@](N)(C(=O)O)C(=O)OCC(Cl)(Cl)Cl. The van der Waals surface area contributed by atoms with Crippen LogP contribution in [0.4, 0.5) is 0 Å². The second-order valence-corrected chi connectivity index (χ2v) is 5.88. The third-order valence-electron chi connectivity index (χ3n) is 1.89. The van der Waals surface area contributed by atoms with Gasteiger partial charge in [0.1, 0.15) is 6.61 Å². The average Bonchev–Trinajstić information content (AvgIpc) is 2.21. The summed E-state index contributed by atoms with van der Waals surface area (Å²) in [5.41, 5.74) is 8.48. The van der Waals surface area contributed by atoms with Gasteiger partial charge in [-0.05, 0) is 19.4 Å². The van der Waals surface area contributed by atoms with E-state index < -0.39 is 27.9 Å². The van der Waals surface area contributed by atoms with Gasteiger partial charge in [0.25, 0.3) is 0 Å². The number of esters is 1. The van der Waals surface area contributed by atoms with Gasteiger partial charge in [0.2, 0.25) is 9.33 Å². The Morgan fingerprint density at radius 2 is 1.82 bits per heavy atom. The highest BCUT2D eigenvalue weighted by atomic mass is 35.6. The van der Waals surface area contributed by atoms with Crippen LogP contribution < -0.4 is 11.5 Å². The summed E-state index contributed by atoms with van der Waals surface area (Å²) in [6, 6.07) is 0. The van der Waals surface area contributed by atoms with E-state index in [0.29, 0.717) is 0 Å². The fraction of sp³-hybridized carbons (Fsp3) is 0.750. The summed E-state index contributed by atoms with van der Waals surface area (Å²) in [7, 11) is 0. The van der Waals surface area contributed by atoms with Gasteiger partial charge in [-0.2, -0.15) is 0 Å². The maximum absolute atomic E-state index is 11.5. The van der Waals surface area contributed by atoms with Gasteiger partial charge in [0, 0.05) is 0 Å². The normalized spacial score (nSPS) is 15.1. The van der Waals surface area contributed by atoms with Crippen molar-refractivity contribution in [1.82, 2.24) is 0 Å². The first-order valence-corrected chi connectivity index (χ1v) is 5.73. The Bertz CT molecular complexity index is 295. The Kier molecular flexibility index (Phi) is 6.50. The van der Waals surface area contributed by atoms with Crippen molar-refractivity contribution in [3.8, 4) is 0 Å². The first-order valence-electron chi connectivity index (χ1n) is 4.60. The summed E-state index contributed by atoms with van der Waals surface area (Å²) in [6.07, 6.45) is 0.100. The number of hydrogen-bond acceptors (Lipinski definition) is 5. The van der Waals surface area contributed by atoms with Gasteiger partial charge in [-0.25, -0.2) is 9.59 Å². The molecule has 0 unspecified atom stereocenters. The van der Waals surface area contributed by atoms with Crippen LogP contribution in [-0.2, 0) is 14.3 Å². The van der Waals surface area contributed by atoms with Crippen molar-refractivity contribution < 1.29 is 19.4 Å². The molecule has 5 N–H and O–H groups in total. The lowest BCUT2D eigenvalue weighted by Gasteiger charge is -2.23. The Morgan fingerprint density at radius 3 is 2.18 bits per heavy atom. The summed E-state index contributed by atoms with van der Waals surface area (Å²) in [5.74, 6) is -2.68. The van der Waals surface area contributed by atoms with Gasteiger partial charge >= 0.3 is 11.9 Å². The third kappa shape index (κ3) is 5.74. The quantitative estimate of drug-likeness (QED) is 0.372. The van der Waals surface area contributed by atoms with E-state index in [9.17, 15) is 9.59 Å². The Balaban J connectivity index is 4.60. The number of hydrogen-bond donors (Lipinski definition) is 3. The minimum absolute atomic E-state index is 0.155. The van der Waals surface area contributed by atoms with Gasteiger partial charge in [-0.1, -0.05) is 34.8 Å². The lowest BCUT2D eigenvalue weighted by Crippen LogP contribution is -2.56. The largest absolute Gasteiger partial charge is 0.479 e.